The Morgan fingerprint density at radius 2 is 1.60 bits per heavy atom. The van der Waals surface area contributed by atoms with Gasteiger partial charge in [0.05, 0.1) is 23.3 Å². The normalized spacial score (nSPS) is 9.73. The average Bonchev–Trinajstić information content (AvgIpc) is 2.17. The first-order chi connectivity index (χ1) is 6.97. The summed E-state index contributed by atoms with van der Waals surface area (Å²) >= 11 is 5.61. The molecule has 15 heavy (non-hydrogen) atoms. The van der Waals surface area contributed by atoms with E-state index in [1.54, 1.807) is 0 Å². The number of ether oxygens (including phenoxy) is 1. The van der Waals surface area contributed by atoms with Crippen molar-refractivity contribution in [3.8, 4) is 5.75 Å². The molecule has 0 spiro atoms. The zero-order chi connectivity index (χ0) is 11.6. The second-order valence-electron chi connectivity index (χ2n) is 2.65. The van der Waals surface area contributed by atoms with E-state index in [-0.39, 0.29) is 21.9 Å². The molecule has 0 saturated carbocycles. The van der Waals surface area contributed by atoms with Crippen LogP contribution in [0.5, 0.6) is 5.75 Å². The molecule has 6 heteroatoms. The largest absolute Gasteiger partial charge is 0.497 e. The Hall–Kier alpha value is -1.75. The van der Waals surface area contributed by atoms with Crippen LogP contribution in [-0.4, -0.2) is 29.3 Å². The van der Waals surface area contributed by atoms with Gasteiger partial charge in [0.25, 0.3) is 0 Å². The molecule has 0 aliphatic heterocycles. The van der Waals surface area contributed by atoms with Gasteiger partial charge in [-0.25, -0.2) is 9.59 Å². The first kappa shape index (κ1) is 11.3. The number of hydrogen-bond acceptors (Lipinski definition) is 3. The Balaban J connectivity index is 3.47. The van der Waals surface area contributed by atoms with Crippen molar-refractivity contribution in [2.75, 3.05) is 7.11 Å². The van der Waals surface area contributed by atoms with E-state index >= 15 is 0 Å². The Morgan fingerprint density at radius 3 is 1.87 bits per heavy atom. The third-order valence-electron chi connectivity index (χ3n) is 1.74. The zero-order valence-corrected chi connectivity index (χ0v) is 8.41. The van der Waals surface area contributed by atoms with Crippen LogP contribution in [0.15, 0.2) is 12.1 Å². The highest BCUT2D eigenvalue weighted by Crippen LogP contribution is 2.27. The van der Waals surface area contributed by atoms with Crippen LogP contribution in [0, 0.1) is 0 Å². The Labute approximate surface area is 89.9 Å². The maximum Gasteiger partial charge on any atom is 0.337 e. The number of carbonyl (C=O) groups is 2. The van der Waals surface area contributed by atoms with E-state index in [0.717, 1.165) is 12.1 Å². The van der Waals surface area contributed by atoms with E-state index < -0.39 is 11.9 Å². The molecule has 0 atom stereocenters. The highest BCUT2D eigenvalue weighted by Gasteiger charge is 2.18. The van der Waals surface area contributed by atoms with Gasteiger partial charge in [-0.05, 0) is 12.1 Å². The van der Waals surface area contributed by atoms with Gasteiger partial charge < -0.3 is 14.9 Å². The fourth-order valence-corrected chi connectivity index (χ4v) is 1.30. The van der Waals surface area contributed by atoms with Crippen LogP contribution < -0.4 is 4.74 Å². The van der Waals surface area contributed by atoms with Gasteiger partial charge in [-0.1, -0.05) is 11.6 Å². The Bertz CT molecular complexity index is 392. The van der Waals surface area contributed by atoms with Gasteiger partial charge >= 0.3 is 11.9 Å². The highest BCUT2D eigenvalue weighted by molar-refractivity contribution is 6.36. The summed E-state index contributed by atoms with van der Waals surface area (Å²) in [4.78, 5) is 21.5. The number of hydrogen-bond donors (Lipinski definition) is 2. The third kappa shape index (κ3) is 2.19. The van der Waals surface area contributed by atoms with E-state index in [9.17, 15) is 9.59 Å². The molecule has 2 N–H and O–H groups in total. The van der Waals surface area contributed by atoms with Crippen LogP contribution in [-0.2, 0) is 0 Å². The molecule has 0 unspecified atom stereocenters. The second kappa shape index (κ2) is 4.18. The molecule has 5 nitrogen and oxygen atoms in total. The van der Waals surface area contributed by atoms with Crippen molar-refractivity contribution in [3.63, 3.8) is 0 Å². The molecule has 0 fully saturated rings. The minimum Gasteiger partial charge on any atom is -0.497 e. The molecule has 0 aliphatic rings. The summed E-state index contributed by atoms with van der Waals surface area (Å²) in [6.45, 7) is 0. The first-order valence-corrected chi connectivity index (χ1v) is 4.19. The number of halogens is 1. The smallest absolute Gasteiger partial charge is 0.337 e. The van der Waals surface area contributed by atoms with Gasteiger partial charge in [0.2, 0.25) is 0 Å². The van der Waals surface area contributed by atoms with Crippen LogP contribution >= 0.6 is 11.6 Å². The number of rotatable bonds is 3. The standard InChI is InChI=1S/C9H7ClO5/c1-15-4-2-5(8(11)12)7(10)6(3-4)9(13)14/h2-3H,1H3,(H,11,12)(H,13,14). The number of carboxylic acid groups (broad SMARTS) is 2. The van der Waals surface area contributed by atoms with Crippen molar-refractivity contribution in [1.82, 2.24) is 0 Å². The summed E-state index contributed by atoms with van der Waals surface area (Å²) in [5, 5.41) is 17.2. The lowest BCUT2D eigenvalue weighted by Crippen LogP contribution is -2.05. The van der Waals surface area contributed by atoms with E-state index in [1.165, 1.54) is 7.11 Å². The molecule has 0 aliphatic carbocycles. The fourth-order valence-electron chi connectivity index (χ4n) is 1.03. The van der Waals surface area contributed by atoms with Crippen LogP contribution in [0.2, 0.25) is 5.02 Å². The molecule has 1 rings (SSSR count). The minimum atomic E-state index is -1.30. The van der Waals surface area contributed by atoms with Gasteiger partial charge in [0.1, 0.15) is 5.75 Å². The molecule has 0 heterocycles. The summed E-state index contributed by atoms with van der Waals surface area (Å²) in [7, 11) is 1.31. The summed E-state index contributed by atoms with van der Waals surface area (Å²) < 4.78 is 4.77. The SMILES string of the molecule is COc1cc(C(=O)O)c(Cl)c(C(=O)O)c1. The highest BCUT2D eigenvalue weighted by atomic mass is 35.5. The van der Waals surface area contributed by atoms with Crippen molar-refractivity contribution in [2.45, 2.75) is 0 Å². The summed E-state index contributed by atoms with van der Waals surface area (Å²) in [6, 6.07) is 2.33. The Kier molecular flexibility index (Phi) is 3.16. The number of benzene rings is 1. The van der Waals surface area contributed by atoms with Crippen LogP contribution in [0.25, 0.3) is 0 Å². The van der Waals surface area contributed by atoms with Crippen LogP contribution in [0.1, 0.15) is 20.7 Å². The molecule has 0 aromatic heterocycles. The Morgan fingerprint density at radius 1 is 1.20 bits per heavy atom. The van der Waals surface area contributed by atoms with E-state index in [2.05, 4.69) is 0 Å². The van der Waals surface area contributed by atoms with Crippen molar-refractivity contribution in [3.05, 3.63) is 28.3 Å². The van der Waals surface area contributed by atoms with E-state index in [0.29, 0.717) is 0 Å². The summed E-state index contributed by atoms with van der Waals surface area (Å²) in [6.07, 6.45) is 0. The van der Waals surface area contributed by atoms with Gasteiger partial charge in [-0.15, -0.1) is 0 Å². The molecule has 0 saturated heterocycles. The predicted octanol–water partition coefficient (Wildman–Crippen LogP) is 1.75. The number of aromatic carboxylic acids is 2. The zero-order valence-electron chi connectivity index (χ0n) is 7.65. The van der Waals surface area contributed by atoms with E-state index in [1.807, 2.05) is 0 Å². The molecule has 0 radical (unpaired) electrons. The van der Waals surface area contributed by atoms with Gasteiger partial charge in [0, 0.05) is 0 Å². The monoisotopic (exact) mass is 230 g/mol. The van der Waals surface area contributed by atoms with Gasteiger partial charge in [-0.3, -0.25) is 0 Å². The molecule has 1 aromatic rings. The second-order valence-corrected chi connectivity index (χ2v) is 3.02. The average molecular weight is 231 g/mol. The molecule has 0 amide bonds. The topological polar surface area (TPSA) is 83.8 Å². The molecule has 80 valence electrons. The number of carboxylic acids is 2. The van der Waals surface area contributed by atoms with Crippen molar-refractivity contribution in [2.24, 2.45) is 0 Å². The molecular formula is C9H7ClO5. The minimum absolute atomic E-state index is 0.134. The summed E-state index contributed by atoms with van der Waals surface area (Å²) in [5.41, 5.74) is -0.596. The van der Waals surface area contributed by atoms with Crippen molar-refractivity contribution < 1.29 is 24.5 Å². The van der Waals surface area contributed by atoms with Gasteiger partial charge in [-0.2, -0.15) is 0 Å². The molecule has 0 bridgehead atoms. The first-order valence-electron chi connectivity index (χ1n) is 3.81. The molecule has 1 aromatic carbocycles. The lowest BCUT2D eigenvalue weighted by atomic mass is 10.1. The lowest BCUT2D eigenvalue weighted by Gasteiger charge is -2.06. The third-order valence-corrected chi connectivity index (χ3v) is 2.15. The lowest BCUT2D eigenvalue weighted by molar-refractivity contribution is 0.0696. The maximum absolute atomic E-state index is 10.7. The number of methoxy groups -OCH3 is 1. The van der Waals surface area contributed by atoms with Crippen molar-refractivity contribution in [1.29, 1.82) is 0 Å². The van der Waals surface area contributed by atoms with Crippen molar-refractivity contribution >= 4 is 23.5 Å². The van der Waals surface area contributed by atoms with Crippen LogP contribution in [0.3, 0.4) is 0 Å². The maximum atomic E-state index is 10.7. The quantitative estimate of drug-likeness (QED) is 0.826. The van der Waals surface area contributed by atoms with Gasteiger partial charge in [0.15, 0.2) is 0 Å². The fraction of sp³-hybridized carbons (Fsp3) is 0.111. The van der Waals surface area contributed by atoms with Crippen LogP contribution in [0.4, 0.5) is 0 Å². The summed E-state index contributed by atoms with van der Waals surface area (Å²) in [5.74, 6) is -2.47. The molecular weight excluding hydrogens is 224 g/mol. The predicted molar refractivity (Wildman–Crippen MR) is 51.9 cm³/mol. The van der Waals surface area contributed by atoms with E-state index in [4.69, 9.17) is 26.6 Å².